The van der Waals surface area contributed by atoms with Crippen molar-refractivity contribution in [2.75, 3.05) is 0 Å². The number of alkyl halides is 2. The van der Waals surface area contributed by atoms with Crippen LogP contribution in [0.2, 0.25) is 0 Å². The van der Waals surface area contributed by atoms with Gasteiger partial charge in [-0.05, 0) is 12.1 Å². The molecule has 0 aliphatic heterocycles. The van der Waals surface area contributed by atoms with Gasteiger partial charge in [-0.25, -0.2) is 18.7 Å². The Morgan fingerprint density at radius 1 is 1.08 bits per heavy atom. The maximum absolute atomic E-state index is 13.7. The van der Waals surface area contributed by atoms with E-state index in [-0.39, 0.29) is 17.5 Å². The van der Waals surface area contributed by atoms with Gasteiger partial charge in [-0.1, -0.05) is 6.07 Å². The van der Waals surface area contributed by atoms with Gasteiger partial charge in [0, 0.05) is 12.4 Å². The first-order valence-electron chi connectivity index (χ1n) is 6.93. The van der Waals surface area contributed by atoms with E-state index in [2.05, 4.69) is 20.2 Å². The average molecular weight is 365 g/mol. The van der Waals surface area contributed by atoms with Crippen LogP contribution in [0.15, 0.2) is 35.0 Å². The summed E-state index contributed by atoms with van der Waals surface area (Å²) in [6.07, 6.45) is -2.34. The Morgan fingerprint density at radius 2 is 1.73 bits per heavy atom. The van der Waals surface area contributed by atoms with E-state index in [4.69, 9.17) is 14.4 Å². The first kappa shape index (κ1) is 17.3. The van der Waals surface area contributed by atoms with Crippen molar-refractivity contribution in [2.24, 2.45) is 0 Å². The van der Waals surface area contributed by atoms with Crippen LogP contribution in [-0.2, 0) is 0 Å². The number of ether oxygens (including phenoxy) is 1. The second-order valence-electron chi connectivity index (χ2n) is 4.76. The molecular weight excluding hydrogens is 358 g/mol. The van der Waals surface area contributed by atoms with E-state index in [0.29, 0.717) is 0 Å². The summed E-state index contributed by atoms with van der Waals surface area (Å²) in [5, 5.41) is 15.7. The van der Waals surface area contributed by atoms with Crippen LogP contribution in [0.5, 0.6) is 6.01 Å². The van der Waals surface area contributed by atoms with Gasteiger partial charge in [0.25, 0.3) is 11.8 Å². The highest BCUT2D eigenvalue weighted by molar-refractivity contribution is 5.49. The minimum Gasteiger partial charge on any atom is -0.439 e. The third-order valence-electron chi connectivity index (χ3n) is 3.10. The van der Waals surface area contributed by atoms with Crippen molar-refractivity contribution in [3.63, 3.8) is 0 Å². The van der Waals surface area contributed by atoms with Crippen molar-refractivity contribution in [2.45, 2.75) is 12.5 Å². The summed E-state index contributed by atoms with van der Waals surface area (Å²) < 4.78 is 62.2. The maximum atomic E-state index is 13.7. The smallest absolute Gasteiger partial charge is 0.318 e. The molecule has 3 aromatic rings. The van der Waals surface area contributed by atoms with Crippen molar-refractivity contribution < 1.29 is 26.7 Å². The average Bonchev–Trinajstić information content (AvgIpc) is 3.11. The van der Waals surface area contributed by atoms with Crippen LogP contribution in [0.1, 0.15) is 24.0 Å². The van der Waals surface area contributed by atoms with Gasteiger partial charge in [0.2, 0.25) is 6.10 Å². The van der Waals surface area contributed by atoms with E-state index >= 15 is 0 Å². The molecule has 7 nitrogen and oxygen atoms in total. The highest BCUT2D eigenvalue weighted by Gasteiger charge is 2.23. The van der Waals surface area contributed by atoms with E-state index in [1.165, 1.54) is 0 Å². The number of aromatic nitrogens is 4. The molecule has 0 saturated heterocycles. The predicted molar refractivity (Wildman–Crippen MR) is 75.6 cm³/mol. The lowest BCUT2D eigenvalue weighted by atomic mass is 10.1. The number of hydrogen-bond donors (Lipinski definition) is 0. The lowest BCUT2D eigenvalue weighted by Crippen LogP contribution is -2.11. The van der Waals surface area contributed by atoms with E-state index in [0.717, 1.165) is 30.6 Å². The summed E-state index contributed by atoms with van der Waals surface area (Å²) in [6.45, 7) is 0. The normalized spacial score (nSPS) is 12.0. The van der Waals surface area contributed by atoms with Crippen molar-refractivity contribution in [1.29, 1.82) is 5.26 Å². The Hall–Kier alpha value is -3.55. The fourth-order valence-electron chi connectivity index (χ4n) is 1.94. The number of halogens is 4. The van der Waals surface area contributed by atoms with Crippen LogP contribution in [0, 0.1) is 23.0 Å². The van der Waals surface area contributed by atoms with Crippen LogP contribution in [0.3, 0.4) is 0 Å². The zero-order valence-corrected chi connectivity index (χ0v) is 12.6. The van der Waals surface area contributed by atoms with Gasteiger partial charge in [-0.15, -0.1) is 10.2 Å². The van der Waals surface area contributed by atoms with Gasteiger partial charge in [0.15, 0.2) is 0 Å². The number of nitrogens with zero attached hydrogens (tertiary/aromatic N) is 5. The summed E-state index contributed by atoms with van der Waals surface area (Å²) in [5.41, 5.74) is -0.469. The summed E-state index contributed by atoms with van der Waals surface area (Å²) >= 11 is 0. The molecule has 26 heavy (non-hydrogen) atoms. The molecule has 0 bridgehead atoms. The van der Waals surface area contributed by atoms with Crippen molar-refractivity contribution in [3.05, 3.63) is 53.7 Å². The molecule has 0 aliphatic carbocycles. The first-order chi connectivity index (χ1) is 12.5. The quantitative estimate of drug-likeness (QED) is 0.639. The van der Waals surface area contributed by atoms with Gasteiger partial charge in [-0.3, -0.25) is 0 Å². The highest BCUT2D eigenvalue weighted by Crippen LogP contribution is 2.26. The molecule has 0 fully saturated rings. The summed E-state index contributed by atoms with van der Waals surface area (Å²) in [4.78, 5) is 7.47. The van der Waals surface area contributed by atoms with Crippen LogP contribution < -0.4 is 4.74 Å². The summed E-state index contributed by atoms with van der Waals surface area (Å²) in [5.74, 6) is -3.03. The van der Waals surface area contributed by atoms with Gasteiger partial charge in [0.1, 0.15) is 17.7 Å². The largest absolute Gasteiger partial charge is 0.439 e. The third kappa shape index (κ3) is 3.44. The third-order valence-corrected chi connectivity index (χ3v) is 3.10. The van der Waals surface area contributed by atoms with E-state index in [9.17, 15) is 17.6 Å². The topological polar surface area (TPSA) is 97.7 Å². The molecule has 1 unspecified atom stereocenters. The minimum atomic E-state index is -2.92. The fraction of sp³-hybridized carbons (Fsp3) is 0.133. The Bertz CT molecular complexity index is 935. The van der Waals surface area contributed by atoms with E-state index in [1.54, 1.807) is 6.07 Å². The molecule has 0 spiro atoms. The molecule has 0 amide bonds. The van der Waals surface area contributed by atoms with Crippen LogP contribution in [0.4, 0.5) is 17.6 Å². The zero-order chi connectivity index (χ0) is 18.7. The maximum Gasteiger partial charge on any atom is 0.318 e. The molecule has 1 atom stereocenters. The SMILES string of the molecule is N#CC(Oc1ncc(-c2nnc(C(F)F)o2)cn1)c1c(F)cccc1F. The number of nitriles is 1. The number of benzene rings is 1. The van der Waals surface area contributed by atoms with E-state index < -0.39 is 35.6 Å². The first-order valence-corrected chi connectivity index (χ1v) is 6.93. The van der Waals surface area contributed by atoms with Crippen molar-refractivity contribution in [3.8, 4) is 23.5 Å². The zero-order valence-electron chi connectivity index (χ0n) is 12.6. The molecular formula is C15H7F4N5O2. The van der Waals surface area contributed by atoms with Gasteiger partial charge in [-0.2, -0.15) is 14.0 Å². The molecule has 0 saturated carbocycles. The lowest BCUT2D eigenvalue weighted by Gasteiger charge is -2.12. The Kier molecular flexibility index (Phi) is 4.74. The van der Waals surface area contributed by atoms with Gasteiger partial charge < -0.3 is 9.15 Å². The summed E-state index contributed by atoms with van der Waals surface area (Å²) in [7, 11) is 0. The van der Waals surface area contributed by atoms with Crippen LogP contribution >= 0.6 is 0 Å². The number of rotatable bonds is 5. The van der Waals surface area contributed by atoms with Crippen LogP contribution in [-0.4, -0.2) is 20.2 Å². The molecule has 1 aromatic carbocycles. The highest BCUT2D eigenvalue weighted by atomic mass is 19.3. The second-order valence-corrected chi connectivity index (χ2v) is 4.76. The Labute approximate surface area is 142 Å². The van der Waals surface area contributed by atoms with Crippen LogP contribution in [0.25, 0.3) is 11.5 Å². The molecule has 2 heterocycles. The molecule has 0 radical (unpaired) electrons. The molecule has 11 heteroatoms. The lowest BCUT2D eigenvalue weighted by molar-refractivity contribution is 0.116. The van der Waals surface area contributed by atoms with E-state index in [1.807, 2.05) is 0 Å². The fourth-order valence-corrected chi connectivity index (χ4v) is 1.94. The molecule has 132 valence electrons. The molecule has 3 rings (SSSR count). The van der Waals surface area contributed by atoms with Crippen molar-refractivity contribution >= 4 is 0 Å². The standard InChI is InChI=1S/C15H7F4N5O2/c16-8-2-1-3-9(17)11(8)10(4-20)25-15-21-5-7(6-22-15)13-23-24-14(26-13)12(18)19/h1-3,5-6,10,12H. The second kappa shape index (κ2) is 7.14. The molecule has 0 aliphatic rings. The van der Waals surface area contributed by atoms with Gasteiger partial charge in [0.05, 0.1) is 11.1 Å². The Morgan fingerprint density at radius 3 is 2.27 bits per heavy atom. The minimum absolute atomic E-state index is 0.113. The predicted octanol–water partition coefficient (Wildman–Crippen LogP) is 3.39. The van der Waals surface area contributed by atoms with Crippen molar-refractivity contribution in [1.82, 2.24) is 20.2 Å². The van der Waals surface area contributed by atoms with Gasteiger partial charge >= 0.3 is 12.4 Å². The molecule has 2 aromatic heterocycles. The molecule has 0 N–H and O–H groups in total. The number of hydrogen-bond acceptors (Lipinski definition) is 7. The Balaban J connectivity index is 1.81. The monoisotopic (exact) mass is 365 g/mol. The summed E-state index contributed by atoms with van der Waals surface area (Å²) in [6, 6.07) is 4.34.